The van der Waals surface area contributed by atoms with Crippen molar-refractivity contribution in [3.63, 3.8) is 0 Å². The molecule has 0 amide bonds. The van der Waals surface area contributed by atoms with Gasteiger partial charge >= 0.3 is 0 Å². The van der Waals surface area contributed by atoms with Crippen LogP contribution < -0.4 is 0 Å². The van der Waals surface area contributed by atoms with Gasteiger partial charge in [0, 0.05) is 17.8 Å². The summed E-state index contributed by atoms with van der Waals surface area (Å²) < 4.78 is 0. The second-order valence-corrected chi connectivity index (χ2v) is 3.68. The van der Waals surface area contributed by atoms with Crippen LogP contribution in [-0.4, -0.2) is 23.0 Å². The smallest absolute Gasteiger partial charge is 0.216 e. The van der Waals surface area contributed by atoms with Crippen molar-refractivity contribution in [3.05, 3.63) is 10.1 Å². The molecule has 0 saturated carbocycles. The number of hydrogen-bond donors (Lipinski definition) is 0. The number of carbonyl (C=O) groups excluding carboxylic acids is 2. The summed E-state index contributed by atoms with van der Waals surface area (Å²) in [5.41, 5.74) is -1.14. The lowest BCUT2D eigenvalue weighted by Gasteiger charge is -2.20. The largest absolute Gasteiger partial charge is 0.300 e. The molecule has 5 nitrogen and oxygen atoms in total. The van der Waals surface area contributed by atoms with Gasteiger partial charge in [0.1, 0.15) is 11.6 Å². The molecular formula is C9H15NO4. The van der Waals surface area contributed by atoms with Crippen molar-refractivity contribution in [2.75, 3.05) is 6.54 Å². The summed E-state index contributed by atoms with van der Waals surface area (Å²) in [5, 5.41) is 10.3. The molecule has 0 heterocycles. The fourth-order valence-corrected chi connectivity index (χ4v) is 1.14. The van der Waals surface area contributed by atoms with Crippen molar-refractivity contribution in [1.29, 1.82) is 0 Å². The van der Waals surface area contributed by atoms with Gasteiger partial charge < -0.3 is 0 Å². The number of nitro groups is 1. The zero-order valence-corrected chi connectivity index (χ0v) is 8.70. The molecular weight excluding hydrogens is 186 g/mol. The zero-order valence-electron chi connectivity index (χ0n) is 8.70. The van der Waals surface area contributed by atoms with Crippen LogP contribution in [-0.2, 0) is 9.59 Å². The highest BCUT2D eigenvalue weighted by Gasteiger charge is 2.37. The van der Waals surface area contributed by atoms with Crippen LogP contribution in [0.4, 0.5) is 0 Å². The highest BCUT2D eigenvalue weighted by Crippen LogP contribution is 2.23. The van der Waals surface area contributed by atoms with Crippen molar-refractivity contribution in [1.82, 2.24) is 0 Å². The molecule has 14 heavy (non-hydrogen) atoms. The van der Waals surface area contributed by atoms with Gasteiger partial charge in [0.25, 0.3) is 0 Å². The second-order valence-electron chi connectivity index (χ2n) is 3.68. The highest BCUT2D eigenvalue weighted by atomic mass is 16.6. The van der Waals surface area contributed by atoms with Crippen molar-refractivity contribution in [3.8, 4) is 0 Å². The van der Waals surface area contributed by atoms with Gasteiger partial charge in [0.2, 0.25) is 6.54 Å². The molecule has 0 aliphatic rings. The molecule has 0 rings (SSSR count). The summed E-state index contributed by atoms with van der Waals surface area (Å²) in [5.74, 6) is -0.430. The van der Waals surface area contributed by atoms with E-state index < -0.39 is 16.9 Å². The molecule has 1 unspecified atom stereocenters. The maximum absolute atomic E-state index is 11.2. The van der Waals surface area contributed by atoms with E-state index in [9.17, 15) is 19.7 Å². The van der Waals surface area contributed by atoms with Crippen LogP contribution in [0.3, 0.4) is 0 Å². The van der Waals surface area contributed by atoms with E-state index in [1.54, 1.807) is 6.92 Å². The molecule has 0 aromatic heterocycles. The molecule has 0 aliphatic heterocycles. The van der Waals surface area contributed by atoms with Gasteiger partial charge in [-0.15, -0.1) is 0 Å². The van der Waals surface area contributed by atoms with E-state index in [1.807, 2.05) is 0 Å². The van der Waals surface area contributed by atoms with Crippen molar-refractivity contribution < 1.29 is 14.5 Å². The second kappa shape index (κ2) is 4.83. The number of rotatable bonds is 6. The Kier molecular flexibility index (Phi) is 4.40. The summed E-state index contributed by atoms with van der Waals surface area (Å²) in [7, 11) is 0. The molecule has 0 aliphatic carbocycles. The van der Waals surface area contributed by atoms with E-state index in [1.165, 1.54) is 13.8 Å². The standard InChI is InChI=1S/C9H15NO4/c1-4-8(12)5-9(3,7(2)11)6-10(13)14/h4-6H2,1-3H3. The predicted octanol–water partition coefficient (Wildman–Crippen LogP) is 1.23. The predicted molar refractivity (Wildman–Crippen MR) is 50.6 cm³/mol. The minimum absolute atomic E-state index is 0.0419. The SMILES string of the molecule is CCC(=O)CC(C)(C[N+](=O)[O-])C(C)=O. The lowest BCUT2D eigenvalue weighted by Crippen LogP contribution is -2.35. The van der Waals surface area contributed by atoms with Gasteiger partial charge in [0.05, 0.1) is 5.41 Å². The van der Waals surface area contributed by atoms with Gasteiger partial charge in [-0.2, -0.15) is 0 Å². The first-order valence-corrected chi connectivity index (χ1v) is 4.46. The van der Waals surface area contributed by atoms with E-state index in [0.29, 0.717) is 6.42 Å². The van der Waals surface area contributed by atoms with E-state index in [0.717, 1.165) is 0 Å². The van der Waals surface area contributed by atoms with Gasteiger partial charge in [-0.1, -0.05) is 6.92 Å². The summed E-state index contributed by atoms with van der Waals surface area (Å²) in [4.78, 5) is 32.1. The first-order valence-electron chi connectivity index (χ1n) is 4.46. The number of carbonyl (C=O) groups is 2. The maximum Gasteiger partial charge on any atom is 0.216 e. The van der Waals surface area contributed by atoms with E-state index in [-0.39, 0.29) is 18.0 Å². The number of hydrogen-bond acceptors (Lipinski definition) is 4. The normalized spacial score (nSPS) is 14.5. The van der Waals surface area contributed by atoms with Crippen molar-refractivity contribution in [2.45, 2.75) is 33.6 Å². The summed E-state index contributed by atoms with van der Waals surface area (Å²) >= 11 is 0. The fraction of sp³-hybridized carbons (Fsp3) is 0.778. The summed E-state index contributed by atoms with van der Waals surface area (Å²) in [6, 6.07) is 0. The minimum Gasteiger partial charge on any atom is -0.300 e. The highest BCUT2D eigenvalue weighted by molar-refractivity contribution is 5.89. The Balaban J connectivity index is 4.63. The molecule has 0 N–H and O–H groups in total. The van der Waals surface area contributed by atoms with Crippen molar-refractivity contribution in [2.24, 2.45) is 5.41 Å². The van der Waals surface area contributed by atoms with Crippen LogP contribution in [0.15, 0.2) is 0 Å². The van der Waals surface area contributed by atoms with Crippen LogP contribution in [0.2, 0.25) is 0 Å². The van der Waals surface area contributed by atoms with Gasteiger partial charge in [-0.05, 0) is 13.8 Å². The average Bonchev–Trinajstić information content (AvgIpc) is 2.02. The zero-order chi connectivity index (χ0) is 11.4. The molecule has 0 aromatic rings. The maximum atomic E-state index is 11.2. The molecule has 1 atom stereocenters. The first kappa shape index (κ1) is 12.7. The number of ketones is 2. The molecule has 5 heteroatoms. The van der Waals surface area contributed by atoms with Crippen molar-refractivity contribution >= 4 is 11.6 Å². The van der Waals surface area contributed by atoms with Crippen LogP contribution in [0.25, 0.3) is 0 Å². The van der Waals surface area contributed by atoms with Crippen LogP contribution >= 0.6 is 0 Å². The monoisotopic (exact) mass is 201 g/mol. The topological polar surface area (TPSA) is 77.3 Å². The first-order chi connectivity index (χ1) is 6.31. The average molecular weight is 201 g/mol. The lowest BCUT2D eigenvalue weighted by molar-refractivity contribution is -0.492. The van der Waals surface area contributed by atoms with Gasteiger partial charge in [-0.25, -0.2) is 0 Å². The van der Waals surface area contributed by atoms with Crippen LogP contribution in [0.1, 0.15) is 33.6 Å². The molecule has 0 radical (unpaired) electrons. The Morgan fingerprint density at radius 3 is 2.21 bits per heavy atom. The third kappa shape index (κ3) is 3.64. The summed E-state index contributed by atoms with van der Waals surface area (Å²) in [6.45, 7) is 3.95. The Bertz CT molecular complexity index is 262. The minimum atomic E-state index is -1.14. The van der Waals surface area contributed by atoms with Gasteiger partial charge in [-0.3, -0.25) is 19.7 Å². The molecule has 0 fully saturated rings. The van der Waals surface area contributed by atoms with Gasteiger partial charge in [0.15, 0.2) is 0 Å². The molecule has 80 valence electrons. The number of nitrogens with zero attached hydrogens (tertiary/aromatic N) is 1. The quantitative estimate of drug-likeness (QED) is 0.478. The number of Topliss-reactive ketones (excluding diaryl/α,β-unsaturated/α-hetero) is 2. The van der Waals surface area contributed by atoms with Crippen LogP contribution in [0, 0.1) is 15.5 Å². The third-order valence-corrected chi connectivity index (χ3v) is 2.31. The Morgan fingerprint density at radius 2 is 1.93 bits per heavy atom. The Hall–Kier alpha value is -1.26. The Morgan fingerprint density at radius 1 is 1.43 bits per heavy atom. The molecule has 0 bridgehead atoms. The van der Waals surface area contributed by atoms with E-state index in [4.69, 9.17) is 0 Å². The summed E-state index contributed by atoms with van der Waals surface area (Å²) in [6.07, 6.45) is 0.264. The molecule has 0 spiro atoms. The lowest BCUT2D eigenvalue weighted by atomic mass is 9.81. The van der Waals surface area contributed by atoms with Crippen LogP contribution in [0.5, 0.6) is 0 Å². The fourth-order valence-electron chi connectivity index (χ4n) is 1.14. The van der Waals surface area contributed by atoms with E-state index >= 15 is 0 Å². The Labute approximate surface area is 82.6 Å². The molecule has 0 saturated heterocycles. The molecule has 0 aromatic carbocycles. The third-order valence-electron chi connectivity index (χ3n) is 2.31. The van der Waals surface area contributed by atoms with E-state index in [2.05, 4.69) is 0 Å².